The van der Waals surface area contributed by atoms with Gasteiger partial charge in [-0.25, -0.2) is 5.32 Å². The molecule has 1 N–H and O–H groups in total. The third kappa shape index (κ3) is 2.24. The number of hydrogen-bond donors (Lipinski definition) is 1. The molecule has 0 atom stereocenters. The van der Waals surface area contributed by atoms with Gasteiger partial charge in [0.25, 0.3) is 0 Å². The van der Waals surface area contributed by atoms with Gasteiger partial charge in [-0.15, -0.1) is 0 Å². The van der Waals surface area contributed by atoms with Crippen molar-refractivity contribution in [2.24, 2.45) is 0 Å². The summed E-state index contributed by atoms with van der Waals surface area (Å²) in [6, 6.07) is 6.43. The summed E-state index contributed by atoms with van der Waals surface area (Å²) >= 11 is 1.92. The zero-order valence-electron chi connectivity index (χ0n) is 10.2. The van der Waals surface area contributed by atoms with Crippen LogP contribution in [0.4, 0.5) is 5.69 Å². The summed E-state index contributed by atoms with van der Waals surface area (Å²) in [4.78, 5) is 0. The number of nitrogens with zero attached hydrogens (tertiary/aromatic N) is 1. The van der Waals surface area contributed by atoms with Gasteiger partial charge in [-0.3, -0.25) is 4.58 Å². The van der Waals surface area contributed by atoms with Crippen molar-refractivity contribution in [1.82, 2.24) is 0 Å². The van der Waals surface area contributed by atoms with Gasteiger partial charge in [0.15, 0.2) is 0 Å². The molecular formula is C13H19N2S+. The molecule has 0 amide bonds. The van der Waals surface area contributed by atoms with Crippen LogP contribution in [0.25, 0.3) is 0 Å². The summed E-state index contributed by atoms with van der Waals surface area (Å²) in [7, 11) is 0. The fraction of sp³-hybridized carbons (Fsp3) is 0.462. The van der Waals surface area contributed by atoms with Gasteiger partial charge in [0.05, 0.1) is 13.1 Å². The Labute approximate surface area is 102 Å². The molecule has 1 aliphatic heterocycles. The van der Waals surface area contributed by atoms with E-state index in [1.165, 1.54) is 27.7 Å². The maximum Gasteiger partial charge on any atom is 0.311 e. The minimum Gasteiger partial charge on any atom is -0.255 e. The number of thioether (sulfide) groups is 1. The van der Waals surface area contributed by atoms with Crippen molar-refractivity contribution >= 4 is 22.6 Å². The third-order valence-corrected chi connectivity index (χ3v) is 4.00. The van der Waals surface area contributed by atoms with Crippen LogP contribution in [-0.4, -0.2) is 28.6 Å². The molecule has 0 spiro atoms. The number of anilines is 1. The van der Waals surface area contributed by atoms with Gasteiger partial charge in [-0.05, 0) is 43.7 Å². The fourth-order valence-corrected chi connectivity index (χ4v) is 3.06. The third-order valence-electron chi connectivity index (χ3n) is 2.98. The second-order valence-corrected chi connectivity index (χ2v) is 5.21. The topological polar surface area (TPSA) is 15.0 Å². The zero-order valence-corrected chi connectivity index (χ0v) is 11.0. The minimum atomic E-state index is 1.08. The molecule has 1 aromatic carbocycles. The van der Waals surface area contributed by atoms with Crippen LogP contribution >= 0.6 is 11.8 Å². The number of para-hydroxylation sites is 1. The van der Waals surface area contributed by atoms with Gasteiger partial charge in [-0.1, -0.05) is 18.2 Å². The lowest BCUT2D eigenvalue weighted by atomic mass is 10.1. The molecule has 1 heterocycles. The Kier molecular flexibility index (Phi) is 3.54. The Bertz CT molecular complexity index is 404. The summed E-state index contributed by atoms with van der Waals surface area (Å²) in [5, 5.41) is 4.89. The van der Waals surface area contributed by atoms with Crippen LogP contribution in [0.3, 0.4) is 0 Å². The molecule has 3 heteroatoms. The molecule has 0 saturated heterocycles. The van der Waals surface area contributed by atoms with Crippen molar-refractivity contribution < 1.29 is 4.58 Å². The molecule has 2 nitrogen and oxygen atoms in total. The normalized spacial score (nSPS) is 15.7. The Hall–Kier alpha value is -0.960. The first-order valence-electron chi connectivity index (χ1n) is 5.80. The van der Waals surface area contributed by atoms with E-state index in [-0.39, 0.29) is 0 Å². The quantitative estimate of drug-likeness (QED) is 0.793. The van der Waals surface area contributed by atoms with Crippen molar-refractivity contribution in [2.75, 3.05) is 24.2 Å². The van der Waals surface area contributed by atoms with E-state index in [1.807, 2.05) is 11.8 Å². The average molecular weight is 235 g/mol. The van der Waals surface area contributed by atoms with Gasteiger partial charge in [0, 0.05) is 5.75 Å². The second kappa shape index (κ2) is 4.91. The molecule has 0 fully saturated rings. The highest BCUT2D eigenvalue weighted by Gasteiger charge is 2.21. The lowest BCUT2D eigenvalue weighted by molar-refractivity contribution is -0.513. The van der Waals surface area contributed by atoms with Crippen LogP contribution in [0.5, 0.6) is 0 Å². The number of nitrogens with one attached hydrogen (secondary N) is 1. The van der Waals surface area contributed by atoms with Gasteiger partial charge in [0.2, 0.25) is 0 Å². The van der Waals surface area contributed by atoms with E-state index in [1.54, 1.807) is 0 Å². The van der Waals surface area contributed by atoms with Gasteiger partial charge >= 0.3 is 5.17 Å². The van der Waals surface area contributed by atoms with Crippen molar-refractivity contribution in [3.63, 3.8) is 0 Å². The molecule has 86 valence electrons. The summed E-state index contributed by atoms with van der Waals surface area (Å²) in [6.07, 6.45) is 0. The smallest absolute Gasteiger partial charge is 0.255 e. The predicted octanol–water partition coefficient (Wildman–Crippen LogP) is 2.85. The van der Waals surface area contributed by atoms with Crippen LogP contribution in [-0.2, 0) is 0 Å². The van der Waals surface area contributed by atoms with E-state index in [4.69, 9.17) is 0 Å². The van der Waals surface area contributed by atoms with E-state index in [0.717, 1.165) is 13.1 Å². The SMILES string of the molecule is CC[N+]1=C(Nc2c(C)cccc2C)SCC1. The van der Waals surface area contributed by atoms with Crippen molar-refractivity contribution in [1.29, 1.82) is 0 Å². The van der Waals surface area contributed by atoms with Gasteiger partial charge in [-0.2, -0.15) is 0 Å². The van der Waals surface area contributed by atoms with Gasteiger partial charge in [0.1, 0.15) is 5.69 Å². The zero-order chi connectivity index (χ0) is 11.5. The average Bonchev–Trinajstić information content (AvgIpc) is 2.71. The largest absolute Gasteiger partial charge is 0.311 e. The number of hydrogen-bond acceptors (Lipinski definition) is 2. The summed E-state index contributed by atoms with van der Waals surface area (Å²) in [6.45, 7) is 8.77. The minimum absolute atomic E-state index is 1.08. The predicted molar refractivity (Wildman–Crippen MR) is 72.7 cm³/mol. The molecule has 0 unspecified atom stereocenters. The summed E-state index contributed by atoms with van der Waals surface area (Å²) in [5.41, 5.74) is 3.90. The number of aryl methyl sites for hydroxylation is 2. The molecule has 16 heavy (non-hydrogen) atoms. The first kappa shape index (κ1) is 11.5. The molecule has 2 rings (SSSR count). The highest BCUT2D eigenvalue weighted by atomic mass is 32.2. The maximum atomic E-state index is 3.58. The van der Waals surface area contributed by atoms with E-state index < -0.39 is 0 Å². The monoisotopic (exact) mass is 235 g/mol. The highest BCUT2D eigenvalue weighted by Crippen LogP contribution is 2.22. The fourth-order valence-electron chi connectivity index (χ4n) is 1.98. The van der Waals surface area contributed by atoms with Crippen molar-refractivity contribution in [3.8, 4) is 0 Å². The second-order valence-electron chi connectivity index (χ2n) is 4.13. The number of amidine groups is 1. The Morgan fingerprint density at radius 2 is 2.00 bits per heavy atom. The lowest BCUT2D eigenvalue weighted by Crippen LogP contribution is -2.21. The first-order chi connectivity index (χ1) is 7.72. The number of rotatable bonds is 2. The Balaban J connectivity index is 2.27. The van der Waals surface area contributed by atoms with Gasteiger partial charge < -0.3 is 0 Å². The highest BCUT2D eigenvalue weighted by molar-refractivity contribution is 8.14. The molecule has 0 aliphatic carbocycles. The van der Waals surface area contributed by atoms with Crippen LogP contribution in [0.1, 0.15) is 18.1 Å². The van der Waals surface area contributed by atoms with Crippen molar-refractivity contribution in [3.05, 3.63) is 29.3 Å². The molecule has 1 aliphatic rings. The molecular weight excluding hydrogens is 216 g/mol. The Morgan fingerprint density at radius 3 is 2.62 bits per heavy atom. The summed E-state index contributed by atoms with van der Waals surface area (Å²) < 4.78 is 2.40. The molecule has 1 aromatic rings. The molecule has 0 bridgehead atoms. The first-order valence-corrected chi connectivity index (χ1v) is 6.79. The number of benzene rings is 1. The van der Waals surface area contributed by atoms with E-state index in [0.29, 0.717) is 0 Å². The van der Waals surface area contributed by atoms with Crippen LogP contribution in [0, 0.1) is 13.8 Å². The van der Waals surface area contributed by atoms with E-state index in [9.17, 15) is 0 Å². The van der Waals surface area contributed by atoms with E-state index in [2.05, 4.69) is 48.9 Å². The van der Waals surface area contributed by atoms with Crippen LogP contribution < -0.4 is 5.32 Å². The molecule has 0 radical (unpaired) electrons. The molecule has 0 saturated carbocycles. The Morgan fingerprint density at radius 1 is 1.31 bits per heavy atom. The lowest BCUT2D eigenvalue weighted by Gasteiger charge is -2.07. The summed E-state index contributed by atoms with van der Waals surface area (Å²) in [5.74, 6) is 1.20. The maximum absolute atomic E-state index is 3.58. The van der Waals surface area contributed by atoms with Crippen LogP contribution in [0.2, 0.25) is 0 Å². The van der Waals surface area contributed by atoms with Crippen LogP contribution in [0.15, 0.2) is 18.2 Å². The van der Waals surface area contributed by atoms with E-state index >= 15 is 0 Å². The van der Waals surface area contributed by atoms with Crippen molar-refractivity contribution in [2.45, 2.75) is 20.8 Å². The standard InChI is InChI=1S/C13H18N2S/c1-4-15-8-9-16-13(15)14-12-10(2)6-5-7-11(12)3/h5-7H,4,8-9H2,1-3H3/p+1. The molecule has 0 aromatic heterocycles.